The van der Waals surface area contributed by atoms with Crippen LogP contribution in [0.4, 0.5) is 4.79 Å². The Morgan fingerprint density at radius 3 is 2.08 bits per heavy atom. The number of amides is 4. The summed E-state index contributed by atoms with van der Waals surface area (Å²) in [5.74, 6) is -0.146. The molecule has 0 aromatic heterocycles. The standard InChI is InChI=1S/C27H43N3O6/c1-7-8-12-15-30(26(33)29-27(2,3)25(28)32)24(31)22(18-13-10-9-11-14-18)19-16-20(34-4)23(36-6)21(17-19)35-5/h16-18,22H,7-15H2,1-6H3,(H2,28,32)(H,29,33). The Morgan fingerprint density at radius 2 is 1.61 bits per heavy atom. The van der Waals surface area contributed by atoms with E-state index in [1.165, 1.54) is 40.1 Å². The zero-order chi connectivity index (χ0) is 26.9. The molecule has 1 unspecified atom stereocenters. The molecule has 0 aliphatic heterocycles. The summed E-state index contributed by atoms with van der Waals surface area (Å²) in [4.78, 5) is 40.7. The third-order valence-corrected chi connectivity index (χ3v) is 6.97. The summed E-state index contributed by atoms with van der Waals surface area (Å²) in [6, 6.07) is 2.98. The van der Waals surface area contributed by atoms with E-state index in [1.807, 2.05) is 0 Å². The molecular formula is C27H43N3O6. The predicted molar refractivity (Wildman–Crippen MR) is 138 cm³/mol. The van der Waals surface area contributed by atoms with Crippen molar-refractivity contribution < 1.29 is 28.6 Å². The van der Waals surface area contributed by atoms with Gasteiger partial charge in [-0.15, -0.1) is 0 Å². The topological polar surface area (TPSA) is 120 Å². The lowest BCUT2D eigenvalue weighted by Gasteiger charge is -2.35. The molecule has 1 saturated carbocycles. The van der Waals surface area contributed by atoms with E-state index in [4.69, 9.17) is 19.9 Å². The lowest BCUT2D eigenvalue weighted by Crippen LogP contribution is -2.58. The molecule has 0 radical (unpaired) electrons. The van der Waals surface area contributed by atoms with Gasteiger partial charge in [0, 0.05) is 6.54 Å². The Kier molecular flexibility index (Phi) is 10.9. The molecule has 0 saturated heterocycles. The van der Waals surface area contributed by atoms with Crippen molar-refractivity contribution >= 4 is 17.8 Å². The molecular weight excluding hydrogens is 462 g/mol. The number of carbonyl (C=O) groups excluding carboxylic acids is 3. The number of nitrogens with one attached hydrogen (secondary N) is 1. The number of urea groups is 1. The van der Waals surface area contributed by atoms with Gasteiger partial charge in [0.1, 0.15) is 5.54 Å². The number of unbranched alkanes of at least 4 members (excludes halogenated alkanes) is 2. The van der Waals surface area contributed by atoms with Crippen molar-refractivity contribution in [2.75, 3.05) is 27.9 Å². The Bertz CT molecular complexity index is 886. The quantitative estimate of drug-likeness (QED) is 0.407. The molecule has 1 aliphatic carbocycles. The lowest BCUT2D eigenvalue weighted by molar-refractivity contribution is -0.132. The van der Waals surface area contributed by atoms with E-state index in [1.54, 1.807) is 12.1 Å². The minimum Gasteiger partial charge on any atom is -0.493 e. The number of carbonyl (C=O) groups is 3. The number of hydrogen-bond donors (Lipinski definition) is 2. The van der Waals surface area contributed by atoms with E-state index in [9.17, 15) is 14.4 Å². The Morgan fingerprint density at radius 1 is 1.03 bits per heavy atom. The first-order chi connectivity index (χ1) is 17.1. The van der Waals surface area contributed by atoms with Gasteiger partial charge in [-0.2, -0.15) is 0 Å². The number of imide groups is 1. The molecule has 36 heavy (non-hydrogen) atoms. The third kappa shape index (κ3) is 7.04. The summed E-state index contributed by atoms with van der Waals surface area (Å²) < 4.78 is 16.6. The molecule has 202 valence electrons. The van der Waals surface area contributed by atoms with Crippen molar-refractivity contribution in [3.63, 3.8) is 0 Å². The van der Waals surface area contributed by atoms with Gasteiger partial charge in [-0.25, -0.2) is 4.79 Å². The number of benzene rings is 1. The van der Waals surface area contributed by atoms with Gasteiger partial charge in [0.15, 0.2) is 11.5 Å². The van der Waals surface area contributed by atoms with E-state index < -0.39 is 23.4 Å². The van der Waals surface area contributed by atoms with Gasteiger partial charge >= 0.3 is 6.03 Å². The van der Waals surface area contributed by atoms with Crippen LogP contribution in [0.2, 0.25) is 0 Å². The van der Waals surface area contributed by atoms with E-state index >= 15 is 0 Å². The first-order valence-corrected chi connectivity index (χ1v) is 12.8. The fourth-order valence-electron chi connectivity index (χ4n) is 4.76. The van der Waals surface area contributed by atoms with E-state index in [0.717, 1.165) is 44.9 Å². The van der Waals surface area contributed by atoms with Crippen molar-refractivity contribution in [1.29, 1.82) is 0 Å². The normalized spacial score (nSPS) is 15.1. The van der Waals surface area contributed by atoms with E-state index in [2.05, 4.69) is 12.2 Å². The van der Waals surface area contributed by atoms with Crippen LogP contribution in [0.1, 0.15) is 83.6 Å². The highest BCUT2D eigenvalue weighted by Crippen LogP contribution is 2.44. The maximum Gasteiger partial charge on any atom is 0.324 e. The highest BCUT2D eigenvalue weighted by atomic mass is 16.5. The van der Waals surface area contributed by atoms with Crippen LogP contribution in [0.5, 0.6) is 17.2 Å². The Balaban J connectivity index is 2.56. The number of primary amides is 1. The SMILES string of the molecule is CCCCCN(C(=O)NC(C)(C)C(N)=O)C(=O)C(c1cc(OC)c(OC)c(OC)c1)C1CCCCC1. The van der Waals surface area contributed by atoms with Crippen LogP contribution in [-0.4, -0.2) is 56.2 Å². The average molecular weight is 506 g/mol. The Labute approximate surface area is 215 Å². The molecule has 4 amide bonds. The summed E-state index contributed by atoms with van der Waals surface area (Å²) in [5, 5.41) is 2.66. The summed E-state index contributed by atoms with van der Waals surface area (Å²) in [7, 11) is 4.61. The molecule has 3 N–H and O–H groups in total. The van der Waals surface area contributed by atoms with Crippen LogP contribution in [0, 0.1) is 5.92 Å². The van der Waals surface area contributed by atoms with Crippen LogP contribution in [0.3, 0.4) is 0 Å². The molecule has 1 aromatic rings. The predicted octanol–water partition coefficient (Wildman–Crippen LogP) is 4.37. The van der Waals surface area contributed by atoms with Crippen molar-refractivity contribution in [2.45, 2.75) is 83.6 Å². The first kappa shape index (κ1) is 29.3. The molecule has 0 spiro atoms. The second kappa shape index (κ2) is 13.4. The number of nitrogens with two attached hydrogens (primary N) is 1. The van der Waals surface area contributed by atoms with Gasteiger partial charge in [-0.05, 0) is 56.7 Å². The number of methoxy groups -OCH3 is 3. The number of hydrogen-bond acceptors (Lipinski definition) is 6. The summed E-state index contributed by atoms with van der Waals surface area (Å²) in [6.07, 6.45) is 7.41. The second-order valence-corrected chi connectivity index (χ2v) is 9.95. The average Bonchev–Trinajstić information content (AvgIpc) is 2.86. The second-order valence-electron chi connectivity index (χ2n) is 9.95. The maximum absolute atomic E-state index is 14.2. The zero-order valence-electron chi connectivity index (χ0n) is 22.6. The van der Waals surface area contributed by atoms with Gasteiger partial charge < -0.3 is 25.3 Å². The molecule has 2 rings (SSSR count). The van der Waals surface area contributed by atoms with E-state index in [0.29, 0.717) is 29.2 Å². The van der Waals surface area contributed by atoms with Crippen molar-refractivity contribution in [3.05, 3.63) is 17.7 Å². The van der Waals surface area contributed by atoms with Crippen LogP contribution < -0.4 is 25.3 Å². The van der Waals surface area contributed by atoms with Crippen molar-refractivity contribution in [1.82, 2.24) is 10.2 Å². The molecule has 1 aromatic carbocycles. The van der Waals surface area contributed by atoms with Crippen LogP contribution in [-0.2, 0) is 9.59 Å². The molecule has 9 heteroatoms. The van der Waals surface area contributed by atoms with E-state index in [-0.39, 0.29) is 18.4 Å². The minimum absolute atomic E-state index is 0.0553. The smallest absolute Gasteiger partial charge is 0.324 e. The zero-order valence-corrected chi connectivity index (χ0v) is 22.6. The highest BCUT2D eigenvalue weighted by molar-refractivity contribution is 6.00. The third-order valence-electron chi connectivity index (χ3n) is 6.97. The fraction of sp³-hybridized carbons (Fsp3) is 0.667. The minimum atomic E-state index is -1.30. The van der Waals surface area contributed by atoms with Crippen LogP contribution in [0.25, 0.3) is 0 Å². The molecule has 1 atom stereocenters. The van der Waals surface area contributed by atoms with Crippen LogP contribution >= 0.6 is 0 Å². The molecule has 9 nitrogen and oxygen atoms in total. The molecule has 0 bridgehead atoms. The monoisotopic (exact) mass is 505 g/mol. The number of ether oxygens (including phenoxy) is 3. The number of nitrogens with zero attached hydrogens (tertiary/aromatic N) is 1. The first-order valence-electron chi connectivity index (χ1n) is 12.8. The lowest BCUT2D eigenvalue weighted by atomic mass is 9.76. The largest absolute Gasteiger partial charge is 0.493 e. The van der Waals surface area contributed by atoms with Crippen LogP contribution in [0.15, 0.2) is 12.1 Å². The molecule has 1 aliphatic rings. The van der Waals surface area contributed by atoms with Gasteiger partial charge in [0.25, 0.3) is 0 Å². The molecule has 1 fully saturated rings. The van der Waals surface area contributed by atoms with Gasteiger partial charge in [0.05, 0.1) is 27.2 Å². The van der Waals surface area contributed by atoms with Crippen molar-refractivity contribution in [3.8, 4) is 17.2 Å². The summed E-state index contributed by atoms with van der Waals surface area (Å²) >= 11 is 0. The fourth-order valence-corrected chi connectivity index (χ4v) is 4.76. The molecule has 0 heterocycles. The van der Waals surface area contributed by atoms with Gasteiger partial charge in [0.2, 0.25) is 17.6 Å². The number of rotatable bonds is 12. The summed E-state index contributed by atoms with van der Waals surface area (Å²) in [5.41, 5.74) is 4.89. The highest BCUT2D eigenvalue weighted by Gasteiger charge is 2.39. The van der Waals surface area contributed by atoms with Gasteiger partial charge in [-0.3, -0.25) is 14.5 Å². The summed E-state index contributed by atoms with van der Waals surface area (Å²) in [6.45, 7) is 5.36. The van der Waals surface area contributed by atoms with Crippen molar-refractivity contribution in [2.24, 2.45) is 11.7 Å². The maximum atomic E-state index is 14.2. The van der Waals surface area contributed by atoms with Gasteiger partial charge in [-0.1, -0.05) is 39.0 Å². The Hall–Kier alpha value is -2.97.